The van der Waals surface area contributed by atoms with Crippen LogP contribution in [-0.2, 0) is 9.53 Å². The minimum Gasteiger partial charge on any atom is -0.377 e. The standard InChI is InChI=1S/C13H22N2O2/c1-4-13(3,10-14)12(16)15-8-6-7-11(9-15)17-5-2/h11H,4-9H2,1-3H3. The summed E-state index contributed by atoms with van der Waals surface area (Å²) < 4.78 is 5.57. The smallest absolute Gasteiger partial charge is 0.242 e. The van der Waals surface area contributed by atoms with Crippen molar-refractivity contribution in [3.05, 3.63) is 0 Å². The Morgan fingerprint density at radius 1 is 1.59 bits per heavy atom. The number of hydrogen-bond donors (Lipinski definition) is 0. The van der Waals surface area contributed by atoms with E-state index in [0.717, 1.165) is 19.4 Å². The Morgan fingerprint density at radius 2 is 2.29 bits per heavy atom. The molecule has 1 aliphatic heterocycles. The van der Waals surface area contributed by atoms with Gasteiger partial charge in [0.15, 0.2) is 0 Å². The summed E-state index contributed by atoms with van der Waals surface area (Å²) in [6.07, 6.45) is 2.66. The minimum atomic E-state index is -0.881. The highest BCUT2D eigenvalue weighted by Crippen LogP contribution is 2.25. The van der Waals surface area contributed by atoms with Crippen LogP contribution in [0.3, 0.4) is 0 Å². The molecule has 17 heavy (non-hydrogen) atoms. The number of carbonyl (C=O) groups excluding carboxylic acids is 1. The minimum absolute atomic E-state index is 0.0492. The molecule has 0 aliphatic carbocycles. The third-order valence-corrected chi connectivity index (χ3v) is 3.49. The van der Waals surface area contributed by atoms with Gasteiger partial charge in [-0.3, -0.25) is 4.79 Å². The van der Waals surface area contributed by atoms with Crippen LogP contribution in [0.2, 0.25) is 0 Å². The van der Waals surface area contributed by atoms with Crippen LogP contribution in [0.15, 0.2) is 0 Å². The predicted octanol–water partition coefficient (Wildman–Crippen LogP) is 1.95. The molecule has 0 aromatic heterocycles. The van der Waals surface area contributed by atoms with Gasteiger partial charge in [0.2, 0.25) is 5.91 Å². The molecule has 1 aliphatic rings. The zero-order valence-corrected chi connectivity index (χ0v) is 11.0. The van der Waals surface area contributed by atoms with Crippen molar-refractivity contribution >= 4 is 5.91 Å². The molecule has 2 unspecified atom stereocenters. The lowest BCUT2D eigenvalue weighted by atomic mass is 9.87. The summed E-state index contributed by atoms with van der Waals surface area (Å²) in [5.74, 6) is -0.0492. The van der Waals surface area contributed by atoms with Gasteiger partial charge in [-0.1, -0.05) is 6.92 Å². The largest absolute Gasteiger partial charge is 0.377 e. The van der Waals surface area contributed by atoms with Gasteiger partial charge in [0.1, 0.15) is 5.41 Å². The number of likely N-dealkylation sites (tertiary alicyclic amines) is 1. The second-order valence-electron chi connectivity index (χ2n) is 4.77. The summed E-state index contributed by atoms with van der Waals surface area (Å²) in [5.41, 5.74) is -0.881. The Bertz CT molecular complexity index is 309. The van der Waals surface area contributed by atoms with Gasteiger partial charge in [0, 0.05) is 19.7 Å². The molecule has 4 nitrogen and oxygen atoms in total. The summed E-state index contributed by atoms with van der Waals surface area (Å²) in [4.78, 5) is 14.1. The SMILES string of the molecule is CCOC1CCCN(C(=O)C(C)(C#N)CC)C1. The molecular formula is C13H22N2O2. The second-order valence-corrected chi connectivity index (χ2v) is 4.77. The first-order chi connectivity index (χ1) is 8.07. The lowest BCUT2D eigenvalue weighted by molar-refractivity contribution is -0.142. The molecule has 2 atom stereocenters. The molecule has 1 amide bonds. The fourth-order valence-corrected chi connectivity index (χ4v) is 2.12. The van der Waals surface area contributed by atoms with E-state index >= 15 is 0 Å². The maximum Gasteiger partial charge on any atom is 0.242 e. The van der Waals surface area contributed by atoms with Crippen molar-refractivity contribution in [2.75, 3.05) is 19.7 Å². The van der Waals surface area contributed by atoms with Crippen molar-refractivity contribution in [3.8, 4) is 6.07 Å². The van der Waals surface area contributed by atoms with Gasteiger partial charge in [-0.05, 0) is 33.1 Å². The lowest BCUT2D eigenvalue weighted by Gasteiger charge is -2.36. The number of nitrogens with zero attached hydrogens (tertiary/aromatic N) is 2. The van der Waals surface area contributed by atoms with Crippen LogP contribution < -0.4 is 0 Å². The van der Waals surface area contributed by atoms with E-state index in [-0.39, 0.29) is 12.0 Å². The van der Waals surface area contributed by atoms with Crippen LogP contribution in [0.1, 0.15) is 40.0 Å². The summed E-state index contributed by atoms with van der Waals surface area (Å²) in [5, 5.41) is 9.13. The Hall–Kier alpha value is -1.08. The topological polar surface area (TPSA) is 53.3 Å². The number of ether oxygens (including phenoxy) is 1. The van der Waals surface area contributed by atoms with Gasteiger partial charge in [-0.25, -0.2) is 0 Å². The van der Waals surface area contributed by atoms with Crippen LogP contribution in [0.5, 0.6) is 0 Å². The highest BCUT2D eigenvalue weighted by atomic mass is 16.5. The van der Waals surface area contributed by atoms with Crippen LogP contribution in [-0.4, -0.2) is 36.6 Å². The van der Waals surface area contributed by atoms with E-state index in [1.54, 1.807) is 11.8 Å². The summed E-state index contributed by atoms with van der Waals surface area (Å²) >= 11 is 0. The fraction of sp³-hybridized carbons (Fsp3) is 0.846. The van der Waals surface area contributed by atoms with E-state index in [4.69, 9.17) is 10.00 Å². The van der Waals surface area contributed by atoms with E-state index in [2.05, 4.69) is 6.07 Å². The molecule has 0 radical (unpaired) electrons. The monoisotopic (exact) mass is 238 g/mol. The Labute approximate surface area is 104 Å². The lowest BCUT2D eigenvalue weighted by Crippen LogP contribution is -2.48. The van der Waals surface area contributed by atoms with Crippen LogP contribution >= 0.6 is 0 Å². The normalized spacial score (nSPS) is 23.9. The third-order valence-electron chi connectivity index (χ3n) is 3.49. The summed E-state index contributed by atoms with van der Waals surface area (Å²) in [6.45, 7) is 7.62. The molecule has 0 aromatic carbocycles. The third kappa shape index (κ3) is 3.19. The van der Waals surface area contributed by atoms with E-state index in [1.807, 2.05) is 13.8 Å². The van der Waals surface area contributed by atoms with Crippen molar-refractivity contribution in [1.29, 1.82) is 5.26 Å². The van der Waals surface area contributed by atoms with Crippen LogP contribution in [0.25, 0.3) is 0 Å². The zero-order chi connectivity index (χ0) is 12.9. The Balaban J connectivity index is 2.66. The van der Waals surface area contributed by atoms with Crippen molar-refractivity contribution < 1.29 is 9.53 Å². The number of nitriles is 1. The van der Waals surface area contributed by atoms with E-state index in [1.165, 1.54) is 0 Å². The highest BCUT2D eigenvalue weighted by molar-refractivity contribution is 5.85. The van der Waals surface area contributed by atoms with Crippen molar-refractivity contribution in [2.24, 2.45) is 5.41 Å². The maximum atomic E-state index is 12.3. The Kier molecular flexibility index (Phi) is 4.95. The summed E-state index contributed by atoms with van der Waals surface area (Å²) in [7, 11) is 0. The summed E-state index contributed by atoms with van der Waals surface area (Å²) in [6, 6.07) is 2.14. The maximum absolute atomic E-state index is 12.3. The van der Waals surface area contributed by atoms with E-state index < -0.39 is 5.41 Å². The van der Waals surface area contributed by atoms with Gasteiger partial charge in [0.05, 0.1) is 12.2 Å². The molecular weight excluding hydrogens is 216 g/mol. The first kappa shape index (κ1) is 14.0. The molecule has 1 heterocycles. The highest BCUT2D eigenvalue weighted by Gasteiger charge is 2.37. The molecule has 1 fully saturated rings. The molecule has 1 rings (SSSR count). The van der Waals surface area contributed by atoms with Crippen LogP contribution in [0, 0.1) is 16.7 Å². The number of hydrogen-bond acceptors (Lipinski definition) is 3. The molecule has 0 saturated carbocycles. The van der Waals surface area contributed by atoms with Gasteiger partial charge < -0.3 is 9.64 Å². The molecule has 0 bridgehead atoms. The van der Waals surface area contributed by atoms with Crippen molar-refractivity contribution in [1.82, 2.24) is 4.90 Å². The Morgan fingerprint density at radius 3 is 2.82 bits per heavy atom. The number of carbonyl (C=O) groups is 1. The molecule has 0 N–H and O–H groups in total. The average Bonchev–Trinajstić information content (AvgIpc) is 2.37. The van der Waals surface area contributed by atoms with Crippen LogP contribution in [0.4, 0.5) is 0 Å². The number of piperidine rings is 1. The van der Waals surface area contributed by atoms with Crippen molar-refractivity contribution in [2.45, 2.75) is 46.1 Å². The molecule has 0 spiro atoms. The van der Waals surface area contributed by atoms with E-state index in [0.29, 0.717) is 19.6 Å². The van der Waals surface area contributed by atoms with E-state index in [9.17, 15) is 4.79 Å². The molecule has 4 heteroatoms. The van der Waals surface area contributed by atoms with Gasteiger partial charge >= 0.3 is 0 Å². The molecule has 1 saturated heterocycles. The second kappa shape index (κ2) is 6.02. The van der Waals surface area contributed by atoms with Gasteiger partial charge in [-0.15, -0.1) is 0 Å². The van der Waals surface area contributed by atoms with Gasteiger partial charge in [0.25, 0.3) is 0 Å². The predicted molar refractivity (Wildman–Crippen MR) is 65.2 cm³/mol. The molecule has 96 valence electrons. The van der Waals surface area contributed by atoms with Crippen molar-refractivity contribution in [3.63, 3.8) is 0 Å². The number of rotatable bonds is 4. The quantitative estimate of drug-likeness (QED) is 0.752. The fourth-order valence-electron chi connectivity index (χ4n) is 2.12. The number of amides is 1. The van der Waals surface area contributed by atoms with Gasteiger partial charge in [-0.2, -0.15) is 5.26 Å². The first-order valence-electron chi connectivity index (χ1n) is 6.39. The average molecular weight is 238 g/mol. The molecule has 0 aromatic rings. The first-order valence-corrected chi connectivity index (χ1v) is 6.39. The zero-order valence-electron chi connectivity index (χ0n) is 11.0.